The Labute approximate surface area is 249 Å². The fraction of sp³-hybridized carbons (Fsp3) is 0.172. The molecule has 0 radical (unpaired) electrons. The first kappa shape index (κ1) is 30.0. The Hall–Kier alpha value is -3.99. The molecular formula is C29H28Cl2N4O5S. The van der Waals surface area contributed by atoms with Gasteiger partial charge in [-0.2, -0.15) is 5.10 Å². The van der Waals surface area contributed by atoms with Gasteiger partial charge in [0, 0.05) is 23.0 Å². The lowest BCUT2D eigenvalue weighted by Gasteiger charge is -2.25. The van der Waals surface area contributed by atoms with E-state index in [2.05, 4.69) is 10.5 Å². The third-order valence-corrected chi connectivity index (χ3v) is 8.89. The van der Waals surface area contributed by atoms with Crippen molar-refractivity contribution in [3.63, 3.8) is 0 Å². The van der Waals surface area contributed by atoms with Crippen molar-refractivity contribution in [3.8, 4) is 17.2 Å². The average molecular weight is 616 g/mol. The molecule has 0 aliphatic carbocycles. The summed E-state index contributed by atoms with van der Waals surface area (Å²) in [7, 11) is -1.30. The van der Waals surface area contributed by atoms with Gasteiger partial charge < -0.3 is 14.0 Å². The van der Waals surface area contributed by atoms with Crippen molar-refractivity contribution in [3.05, 3.63) is 99.8 Å². The van der Waals surface area contributed by atoms with E-state index in [0.29, 0.717) is 21.5 Å². The summed E-state index contributed by atoms with van der Waals surface area (Å²) in [5, 5.41) is 4.94. The van der Waals surface area contributed by atoms with E-state index in [-0.39, 0.29) is 16.3 Å². The van der Waals surface area contributed by atoms with E-state index in [1.165, 1.54) is 38.6 Å². The zero-order valence-electron chi connectivity index (χ0n) is 22.8. The summed E-state index contributed by atoms with van der Waals surface area (Å²) in [4.78, 5) is 13.1. The summed E-state index contributed by atoms with van der Waals surface area (Å²) >= 11 is 12.6. The number of ether oxygens (including phenoxy) is 2. The first-order valence-electron chi connectivity index (χ1n) is 12.3. The molecule has 4 aromatic rings. The Morgan fingerprint density at radius 2 is 1.73 bits per heavy atom. The van der Waals surface area contributed by atoms with Gasteiger partial charge in [-0.3, -0.25) is 9.10 Å². The van der Waals surface area contributed by atoms with E-state index in [4.69, 9.17) is 32.7 Å². The van der Waals surface area contributed by atoms with Crippen LogP contribution in [0.3, 0.4) is 0 Å². The topological polar surface area (TPSA) is 102 Å². The minimum absolute atomic E-state index is 0.00768. The first-order valence-corrected chi connectivity index (χ1v) is 14.5. The maximum absolute atomic E-state index is 13.7. The van der Waals surface area contributed by atoms with E-state index in [9.17, 15) is 13.2 Å². The molecule has 3 aromatic carbocycles. The molecule has 0 fully saturated rings. The van der Waals surface area contributed by atoms with Crippen molar-refractivity contribution in [2.75, 3.05) is 25.1 Å². The van der Waals surface area contributed by atoms with Crippen LogP contribution in [-0.2, 0) is 14.8 Å². The van der Waals surface area contributed by atoms with Crippen LogP contribution in [0.2, 0.25) is 10.0 Å². The highest BCUT2D eigenvalue weighted by molar-refractivity contribution is 7.92. The summed E-state index contributed by atoms with van der Waals surface area (Å²) in [6.07, 6.45) is 1.48. The number of amides is 1. The molecule has 41 heavy (non-hydrogen) atoms. The number of hydrogen-bond donors (Lipinski definition) is 1. The number of aromatic nitrogens is 1. The highest BCUT2D eigenvalue weighted by atomic mass is 35.5. The van der Waals surface area contributed by atoms with Crippen molar-refractivity contribution < 1.29 is 22.7 Å². The molecule has 4 rings (SSSR count). The lowest BCUT2D eigenvalue weighted by Crippen LogP contribution is -2.39. The molecule has 0 saturated heterocycles. The first-order chi connectivity index (χ1) is 19.6. The molecule has 12 heteroatoms. The highest BCUT2D eigenvalue weighted by Gasteiger charge is 2.30. The average Bonchev–Trinajstić information content (AvgIpc) is 3.25. The highest BCUT2D eigenvalue weighted by Crippen LogP contribution is 2.36. The summed E-state index contributed by atoms with van der Waals surface area (Å²) in [5.74, 6) is -0.0336. The number of methoxy groups -OCH3 is 2. The van der Waals surface area contributed by atoms with E-state index in [1.807, 2.05) is 36.6 Å². The van der Waals surface area contributed by atoms with Crippen molar-refractivity contribution in [1.82, 2.24) is 9.99 Å². The lowest BCUT2D eigenvalue weighted by atomic mass is 10.2. The van der Waals surface area contributed by atoms with Gasteiger partial charge in [0.2, 0.25) is 0 Å². The third kappa shape index (κ3) is 6.35. The van der Waals surface area contributed by atoms with Gasteiger partial charge in [-0.15, -0.1) is 0 Å². The molecule has 0 aliphatic heterocycles. The number of anilines is 1. The summed E-state index contributed by atoms with van der Waals surface area (Å²) < 4.78 is 41.0. The molecule has 1 heterocycles. The van der Waals surface area contributed by atoms with Crippen molar-refractivity contribution in [2.45, 2.75) is 18.7 Å². The van der Waals surface area contributed by atoms with Crippen molar-refractivity contribution in [2.24, 2.45) is 5.10 Å². The van der Waals surface area contributed by atoms with Crippen LogP contribution in [-0.4, -0.2) is 45.9 Å². The molecule has 0 aliphatic rings. The molecule has 1 aromatic heterocycles. The largest absolute Gasteiger partial charge is 0.497 e. The monoisotopic (exact) mass is 614 g/mol. The standard InChI is InChI=1S/C29H28Cl2N4O5S/c1-19-15-21(20(2)35(19)25-12-8-11-24(30)29(25)31)17-32-33-28(36)18-34(41(37,38)23-9-6-5-7-10-23)26-16-22(39-3)13-14-27(26)40-4/h5-17H,18H2,1-4H3,(H,33,36)/b32-17-. The number of carbonyl (C=O) groups is 1. The zero-order valence-corrected chi connectivity index (χ0v) is 25.1. The van der Waals surface area contributed by atoms with Crippen LogP contribution < -0.4 is 19.2 Å². The number of rotatable bonds is 10. The number of hydrogen-bond acceptors (Lipinski definition) is 6. The van der Waals surface area contributed by atoms with E-state index < -0.39 is 22.5 Å². The molecule has 1 amide bonds. The van der Waals surface area contributed by atoms with Crippen molar-refractivity contribution >= 4 is 51.0 Å². The molecule has 214 valence electrons. The zero-order chi connectivity index (χ0) is 29.7. The van der Waals surface area contributed by atoms with Gasteiger partial charge >= 0.3 is 0 Å². The maximum atomic E-state index is 13.7. The second-order valence-corrected chi connectivity index (χ2v) is 11.5. The predicted octanol–water partition coefficient (Wildman–Crippen LogP) is 5.76. The number of hydrazone groups is 1. The van der Waals surface area contributed by atoms with Crippen LogP contribution in [0.1, 0.15) is 17.0 Å². The Morgan fingerprint density at radius 1 is 1.00 bits per heavy atom. The van der Waals surface area contributed by atoms with Crippen LogP contribution in [0.25, 0.3) is 5.69 Å². The van der Waals surface area contributed by atoms with Crippen LogP contribution in [0.4, 0.5) is 5.69 Å². The normalized spacial score (nSPS) is 11.5. The molecule has 9 nitrogen and oxygen atoms in total. The fourth-order valence-electron chi connectivity index (χ4n) is 4.30. The molecule has 0 spiro atoms. The van der Waals surface area contributed by atoms with Crippen LogP contribution in [0.15, 0.2) is 82.8 Å². The van der Waals surface area contributed by atoms with E-state index in [0.717, 1.165) is 21.3 Å². The summed E-state index contributed by atoms with van der Waals surface area (Å²) in [6, 6.07) is 19.8. The minimum atomic E-state index is -4.17. The second kappa shape index (κ2) is 12.7. The molecule has 0 atom stereocenters. The number of aryl methyl sites for hydroxylation is 1. The van der Waals surface area contributed by atoms with Gasteiger partial charge in [0.25, 0.3) is 15.9 Å². The number of benzene rings is 3. The van der Waals surface area contributed by atoms with Gasteiger partial charge in [-0.1, -0.05) is 47.5 Å². The number of nitrogens with zero attached hydrogens (tertiary/aromatic N) is 3. The Morgan fingerprint density at radius 3 is 2.41 bits per heavy atom. The van der Waals surface area contributed by atoms with Crippen molar-refractivity contribution in [1.29, 1.82) is 0 Å². The second-order valence-electron chi connectivity index (χ2n) is 8.89. The van der Waals surface area contributed by atoms with Crippen LogP contribution in [0.5, 0.6) is 11.5 Å². The molecule has 1 N–H and O–H groups in total. The van der Waals surface area contributed by atoms with Gasteiger partial charge in [0.05, 0.1) is 46.7 Å². The number of nitrogens with one attached hydrogen (secondary N) is 1. The number of carbonyl (C=O) groups excluding carboxylic acids is 1. The third-order valence-electron chi connectivity index (χ3n) is 6.31. The molecular weight excluding hydrogens is 587 g/mol. The maximum Gasteiger partial charge on any atom is 0.264 e. The smallest absolute Gasteiger partial charge is 0.264 e. The minimum Gasteiger partial charge on any atom is -0.497 e. The van der Waals surface area contributed by atoms with Gasteiger partial charge in [0.1, 0.15) is 18.0 Å². The summed E-state index contributed by atoms with van der Waals surface area (Å²) in [5.41, 5.74) is 5.71. The van der Waals surface area contributed by atoms with Gasteiger partial charge in [0.15, 0.2) is 0 Å². The Kier molecular flexibility index (Phi) is 9.27. The number of halogens is 2. The Bertz CT molecular complexity index is 1710. The Balaban J connectivity index is 1.62. The van der Waals surface area contributed by atoms with Crippen LogP contribution >= 0.6 is 23.2 Å². The molecule has 0 saturated carbocycles. The van der Waals surface area contributed by atoms with E-state index >= 15 is 0 Å². The van der Waals surface area contributed by atoms with E-state index in [1.54, 1.807) is 36.4 Å². The number of sulfonamides is 1. The SMILES string of the molecule is COc1ccc(OC)c(N(CC(=O)N/N=C\c2cc(C)n(-c3cccc(Cl)c3Cl)c2C)S(=O)(=O)c2ccccc2)c1. The fourth-order valence-corrected chi connectivity index (χ4v) is 6.13. The van der Waals surface area contributed by atoms with Crippen LogP contribution in [0, 0.1) is 13.8 Å². The quantitative estimate of drug-likeness (QED) is 0.181. The predicted molar refractivity (Wildman–Crippen MR) is 162 cm³/mol. The lowest BCUT2D eigenvalue weighted by molar-refractivity contribution is -0.119. The molecule has 0 bridgehead atoms. The molecule has 0 unspecified atom stereocenters. The van der Waals surface area contributed by atoms with Gasteiger partial charge in [-0.05, 0) is 56.3 Å². The van der Waals surface area contributed by atoms with Gasteiger partial charge in [-0.25, -0.2) is 13.8 Å². The summed E-state index contributed by atoms with van der Waals surface area (Å²) in [6.45, 7) is 3.22.